The van der Waals surface area contributed by atoms with Crippen molar-refractivity contribution in [2.75, 3.05) is 41.6 Å². The van der Waals surface area contributed by atoms with E-state index in [4.69, 9.17) is 14.2 Å². The molecule has 0 bridgehead atoms. The molecule has 4 rings (SSSR count). The number of nitrogens with one attached hydrogen (secondary N) is 4. The average molecular weight is 623 g/mol. The van der Waals surface area contributed by atoms with Gasteiger partial charge >= 0.3 is 18.0 Å². The van der Waals surface area contributed by atoms with Crippen LogP contribution in [0.25, 0.3) is 0 Å². The number of amides is 2. The third kappa shape index (κ3) is 10.1. The lowest BCUT2D eigenvalue weighted by molar-refractivity contribution is -0.114. The molecule has 0 aliphatic heterocycles. The lowest BCUT2D eigenvalue weighted by Crippen LogP contribution is -2.27. The zero-order chi connectivity index (χ0) is 32.2. The zero-order valence-corrected chi connectivity index (χ0v) is 26.5. The van der Waals surface area contributed by atoms with Gasteiger partial charge in [0.15, 0.2) is 0 Å². The summed E-state index contributed by atoms with van der Waals surface area (Å²) in [6, 6.07) is 10.8. The Balaban J connectivity index is 1.27. The summed E-state index contributed by atoms with van der Waals surface area (Å²) < 4.78 is 15.5. The third-order valence-electron chi connectivity index (χ3n) is 8.45. The van der Waals surface area contributed by atoms with E-state index >= 15 is 0 Å². The van der Waals surface area contributed by atoms with Crippen molar-refractivity contribution in [3.8, 4) is 0 Å². The second-order valence-electron chi connectivity index (χ2n) is 11.8. The predicted molar refractivity (Wildman–Crippen MR) is 174 cm³/mol. The van der Waals surface area contributed by atoms with Crippen LogP contribution in [-0.4, -0.2) is 56.3 Å². The summed E-state index contributed by atoms with van der Waals surface area (Å²) in [4.78, 5) is 48.8. The van der Waals surface area contributed by atoms with Gasteiger partial charge in [0.25, 0.3) is 0 Å². The lowest BCUT2D eigenvalue weighted by Gasteiger charge is -2.30. The Morgan fingerprint density at radius 1 is 0.711 bits per heavy atom. The van der Waals surface area contributed by atoms with E-state index in [1.54, 1.807) is 37.3 Å². The van der Waals surface area contributed by atoms with Crippen molar-refractivity contribution in [1.82, 2.24) is 0 Å². The molecule has 0 atom stereocenters. The van der Waals surface area contributed by atoms with Crippen molar-refractivity contribution in [1.29, 1.82) is 0 Å². The fourth-order valence-electron chi connectivity index (χ4n) is 6.05. The molecule has 11 nitrogen and oxygen atoms in total. The van der Waals surface area contributed by atoms with Crippen LogP contribution in [0, 0.1) is 5.92 Å². The second-order valence-corrected chi connectivity index (χ2v) is 11.8. The highest BCUT2D eigenvalue weighted by atomic mass is 16.5. The Labute approximate surface area is 265 Å². The second kappa shape index (κ2) is 16.7. The van der Waals surface area contributed by atoms with E-state index in [1.807, 2.05) is 6.07 Å². The Morgan fingerprint density at radius 3 is 1.82 bits per heavy atom. The fraction of sp³-hybridized carbons (Fsp3) is 0.529. The first-order valence-corrected chi connectivity index (χ1v) is 16.0. The first kappa shape index (κ1) is 33.6. The molecule has 2 saturated carbocycles. The molecule has 2 fully saturated rings. The minimum absolute atomic E-state index is 0.214. The van der Waals surface area contributed by atoms with Crippen molar-refractivity contribution < 1.29 is 33.4 Å². The molecule has 4 N–H and O–H groups in total. The molecule has 2 aromatic carbocycles. The standard InChI is InChI=1S/C34H46N4O7/c1-4-44-32(40)24-12-16-28(30(20-24)35-22(2)39)37-27-14-10-23(11-15-27)18-19-45-33(41)25-13-17-29(31(21-25)38-34(42)43-3)36-26-8-6-5-7-9-26/h12-13,16-17,20-21,23,26-27,36-37H,4-11,14-15,18-19H2,1-3H3,(H,35,39)(H,38,42). The maximum atomic E-state index is 12.9. The van der Waals surface area contributed by atoms with Crippen molar-refractivity contribution in [2.45, 2.75) is 90.1 Å². The highest BCUT2D eigenvalue weighted by molar-refractivity contribution is 5.97. The first-order valence-electron chi connectivity index (χ1n) is 16.0. The number of methoxy groups -OCH3 is 1. The van der Waals surface area contributed by atoms with E-state index in [0.717, 1.165) is 56.3 Å². The van der Waals surface area contributed by atoms with Gasteiger partial charge in [0.1, 0.15) is 0 Å². The average Bonchev–Trinajstić information content (AvgIpc) is 3.03. The van der Waals surface area contributed by atoms with Gasteiger partial charge in [-0.15, -0.1) is 0 Å². The number of anilines is 4. The number of hydrogen-bond donors (Lipinski definition) is 4. The summed E-state index contributed by atoms with van der Waals surface area (Å²) in [5.41, 5.74) is 3.31. The SMILES string of the molecule is CCOC(=O)c1ccc(NC2CCC(CCOC(=O)c3ccc(NC4CCCCC4)c(NC(=O)OC)c3)CC2)c(NC(C)=O)c1. The summed E-state index contributed by atoms with van der Waals surface area (Å²) in [5, 5.41) is 12.6. The summed E-state index contributed by atoms with van der Waals surface area (Å²) in [7, 11) is 1.30. The maximum absolute atomic E-state index is 12.9. The molecule has 45 heavy (non-hydrogen) atoms. The van der Waals surface area contributed by atoms with E-state index in [-0.39, 0.29) is 18.6 Å². The van der Waals surface area contributed by atoms with Gasteiger partial charge in [0, 0.05) is 19.0 Å². The number of carbonyl (C=O) groups is 4. The number of carbonyl (C=O) groups excluding carboxylic acids is 4. The number of benzene rings is 2. The molecule has 2 aliphatic carbocycles. The smallest absolute Gasteiger partial charge is 0.411 e. The van der Waals surface area contributed by atoms with Gasteiger partial charge in [-0.3, -0.25) is 10.1 Å². The van der Waals surface area contributed by atoms with Crippen molar-refractivity contribution >= 4 is 46.7 Å². The molecule has 0 spiro atoms. The highest BCUT2D eigenvalue weighted by Crippen LogP contribution is 2.32. The monoisotopic (exact) mass is 622 g/mol. The summed E-state index contributed by atoms with van der Waals surface area (Å²) in [6.45, 7) is 3.77. The van der Waals surface area contributed by atoms with Crippen LogP contribution in [-0.2, 0) is 19.0 Å². The molecule has 2 amide bonds. The van der Waals surface area contributed by atoms with Gasteiger partial charge in [-0.05, 0) is 94.2 Å². The normalized spacial score (nSPS) is 18.3. The Bertz CT molecular complexity index is 1330. The lowest BCUT2D eigenvalue weighted by atomic mass is 9.84. The highest BCUT2D eigenvalue weighted by Gasteiger charge is 2.23. The summed E-state index contributed by atoms with van der Waals surface area (Å²) in [5.74, 6) is -0.658. The largest absolute Gasteiger partial charge is 0.462 e. The van der Waals surface area contributed by atoms with Gasteiger partial charge in [-0.25, -0.2) is 14.4 Å². The molecule has 2 aromatic rings. The van der Waals surface area contributed by atoms with E-state index in [9.17, 15) is 19.2 Å². The van der Waals surface area contributed by atoms with Crippen LogP contribution in [0.1, 0.15) is 98.8 Å². The quantitative estimate of drug-likeness (QED) is 0.146. The van der Waals surface area contributed by atoms with Crippen molar-refractivity contribution in [2.24, 2.45) is 5.92 Å². The van der Waals surface area contributed by atoms with Gasteiger partial charge < -0.3 is 30.2 Å². The van der Waals surface area contributed by atoms with Crippen LogP contribution >= 0.6 is 0 Å². The van der Waals surface area contributed by atoms with Crippen molar-refractivity contribution in [3.05, 3.63) is 47.5 Å². The van der Waals surface area contributed by atoms with Gasteiger partial charge in [-0.1, -0.05) is 19.3 Å². The Kier molecular flexibility index (Phi) is 12.5. The van der Waals surface area contributed by atoms with E-state index < -0.39 is 18.0 Å². The molecular formula is C34H46N4O7. The van der Waals surface area contributed by atoms with Crippen LogP contribution in [0.4, 0.5) is 27.5 Å². The van der Waals surface area contributed by atoms with Gasteiger partial charge in [-0.2, -0.15) is 0 Å². The molecule has 0 radical (unpaired) electrons. The fourth-order valence-corrected chi connectivity index (χ4v) is 6.05. The molecule has 0 saturated heterocycles. The minimum atomic E-state index is -0.600. The number of esters is 2. The van der Waals surface area contributed by atoms with Crippen LogP contribution in [0.5, 0.6) is 0 Å². The van der Waals surface area contributed by atoms with Gasteiger partial charge in [0.05, 0.1) is 54.2 Å². The number of rotatable bonds is 12. The number of ether oxygens (including phenoxy) is 3. The maximum Gasteiger partial charge on any atom is 0.411 e. The first-order chi connectivity index (χ1) is 21.7. The summed E-state index contributed by atoms with van der Waals surface area (Å²) in [6.07, 6.45) is 9.69. The summed E-state index contributed by atoms with van der Waals surface area (Å²) >= 11 is 0. The molecule has 11 heteroatoms. The molecule has 2 aliphatic rings. The van der Waals surface area contributed by atoms with E-state index in [1.165, 1.54) is 33.3 Å². The van der Waals surface area contributed by atoms with E-state index in [2.05, 4.69) is 21.3 Å². The van der Waals surface area contributed by atoms with E-state index in [0.29, 0.717) is 41.1 Å². The molecule has 0 unspecified atom stereocenters. The molecule has 0 aromatic heterocycles. The van der Waals surface area contributed by atoms with Crippen LogP contribution < -0.4 is 21.3 Å². The number of hydrogen-bond acceptors (Lipinski definition) is 9. The topological polar surface area (TPSA) is 144 Å². The van der Waals surface area contributed by atoms with Crippen LogP contribution in [0.2, 0.25) is 0 Å². The predicted octanol–water partition coefficient (Wildman–Crippen LogP) is 6.96. The third-order valence-corrected chi connectivity index (χ3v) is 8.45. The Morgan fingerprint density at radius 2 is 1.27 bits per heavy atom. The molecule has 0 heterocycles. The van der Waals surface area contributed by atoms with Crippen molar-refractivity contribution in [3.63, 3.8) is 0 Å². The minimum Gasteiger partial charge on any atom is -0.462 e. The van der Waals surface area contributed by atoms with Gasteiger partial charge in [0.2, 0.25) is 5.91 Å². The molecule has 244 valence electrons. The molecular weight excluding hydrogens is 576 g/mol. The Hall–Kier alpha value is -4.28. The zero-order valence-electron chi connectivity index (χ0n) is 26.5. The van der Waals surface area contributed by atoms with Crippen LogP contribution in [0.3, 0.4) is 0 Å². The van der Waals surface area contributed by atoms with Crippen LogP contribution in [0.15, 0.2) is 36.4 Å².